The summed E-state index contributed by atoms with van der Waals surface area (Å²) in [5, 5.41) is 24.1. The quantitative estimate of drug-likeness (QED) is 0.286. The van der Waals surface area contributed by atoms with Gasteiger partial charge in [0.15, 0.2) is 12.1 Å². The molecule has 0 radical (unpaired) electrons. The largest absolute Gasteiger partial charge is 0.459 e. The number of ketones is 1. The van der Waals surface area contributed by atoms with Crippen LogP contribution in [0.2, 0.25) is 0 Å². The van der Waals surface area contributed by atoms with Gasteiger partial charge in [-0.15, -0.1) is 0 Å². The number of Topliss-reactive ketones (excluding diaryl/α,β-unsaturated/α-hetero) is 1. The normalized spacial score (nSPS) is 39.6. The number of aliphatic hydroxyl groups excluding tert-OH is 1. The molecule has 3 N–H and O–H groups in total. The Kier molecular flexibility index (Phi) is 13.8. The molecule has 0 aliphatic carbocycles. The molecule has 2 aromatic rings. The second kappa shape index (κ2) is 17.6. The monoisotopic (exact) mass is 782 g/mol. The highest BCUT2D eigenvalue weighted by Crippen LogP contribution is 2.40. The van der Waals surface area contributed by atoms with E-state index in [-0.39, 0.29) is 38.2 Å². The van der Waals surface area contributed by atoms with Crippen LogP contribution in [0.5, 0.6) is 0 Å². The predicted molar refractivity (Wildman–Crippen MR) is 211 cm³/mol. The minimum atomic E-state index is -1.80. The molecule has 14 nitrogen and oxygen atoms in total. The summed E-state index contributed by atoms with van der Waals surface area (Å²) in [7, 11) is 3.76. The van der Waals surface area contributed by atoms with Crippen LogP contribution in [-0.4, -0.2) is 130 Å². The zero-order valence-corrected chi connectivity index (χ0v) is 34.8. The molecule has 3 aliphatic heterocycles. The number of cyclic esters (lactones) is 1. The van der Waals surface area contributed by atoms with Crippen molar-refractivity contribution < 1.29 is 48.3 Å². The maximum Gasteiger partial charge on any atom is 0.316 e. The third-order valence-corrected chi connectivity index (χ3v) is 11.9. The molecule has 5 rings (SSSR count). The van der Waals surface area contributed by atoms with E-state index >= 15 is 0 Å². The number of para-hydroxylation sites is 2. The van der Waals surface area contributed by atoms with Crippen molar-refractivity contribution in [1.82, 2.24) is 14.9 Å². The number of aliphatic imine (C=N–C) groups is 1. The maximum atomic E-state index is 14.5. The van der Waals surface area contributed by atoms with Crippen LogP contribution < -0.4 is 0 Å². The molecule has 2 bridgehead atoms. The highest BCUT2D eigenvalue weighted by atomic mass is 16.7. The number of rotatable bonds is 5. The van der Waals surface area contributed by atoms with Gasteiger partial charge in [-0.25, -0.2) is 9.98 Å². The molecule has 0 spiro atoms. The topological polar surface area (TPSA) is 182 Å². The van der Waals surface area contributed by atoms with Crippen molar-refractivity contribution in [3.05, 3.63) is 35.7 Å². The number of carbonyl (C=O) groups is 3. The highest BCUT2D eigenvalue weighted by Gasteiger charge is 2.53. The average Bonchev–Trinajstić information content (AvgIpc) is 3.54. The Balaban J connectivity index is 1.74. The van der Waals surface area contributed by atoms with Crippen LogP contribution in [0.4, 0.5) is 0 Å². The smallest absolute Gasteiger partial charge is 0.316 e. The second-order valence-electron chi connectivity index (χ2n) is 16.8. The molecule has 1 aromatic carbocycles. The number of aliphatic hydroxyl groups is 2. The SMILES string of the molecule is CC[C@@H]1OC(=O)[C@H](C)C(=O)[C@H](C)C(O[C@@H]2O[C@H](C)C[C@H](N(C)C)C2O)[C@@]2(C)CC(C)C(=NC(C)=O)C(C)C(OC/C(=C/c3nc4ccccc4[nH]3)CO2)[C@]1(C)O. The number of hydrogen-bond donors (Lipinski definition) is 3. The van der Waals surface area contributed by atoms with Crippen LogP contribution in [-0.2, 0) is 38.1 Å². The first kappa shape index (κ1) is 43.7. The molecular formula is C42H62N4O10. The Hall–Kier alpha value is -3.37. The number of hydrogen-bond acceptors (Lipinski definition) is 12. The number of nitrogens with one attached hydrogen (secondary N) is 1. The number of carbonyl (C=O) groups excluding carboxylic acids is 3. The minimum absolute atomic E-state index is 0.0174. The summed E-state index contributed by atoms with van der Waals surface area (Å²) in [5.41, 5.74) is -0.437. The zero-order valence-electron chi connectivity index (χ0n) is 34.8. The molecule has 5 unspecified atom stereocenters. The van der Waals surface area contributed by atoms with Gasteiger partial charge in [0, 0.05) is 30.5 Å². The molecule has 1 aromatic heterocycles. The van der Waals surface area contributed by atoms with Crippen molar-refractivity contribution in [2.45, 2.75) is 136 Å². The predicted octanol–water partition coefficient (Wildman–Crippen LogP) is 4.51. The number of imidazole rings is 1. The summed E-state index contributed by atoms with van der Waals surface area (Å²) in [6, 6.07) is 7.35. The van der Waals surface area contributed by atoms with Gasteiger partial charge in [-0.1, -0.05) is 39.8 Å². The molecule has 56 heavy (non-hydrogen) atoms. The van der Waals surface area contributed by atoms with Gasteiger partial charge in [-0.2, -0.15) is 0 Å². The molecule has 4 heterocycles. The first-order chi connectivity index (χ1) is 26.3. The second-order valence-corrected chi connectivity index (χ2v) is 16.8. The van der Waals surface area contributed by atoms with Crippen LogP contribution >= 0.6 is 0 Å². The number of ether oxygens (including phenoxy) is 5. The fourth-order valence-electron chi connectivity index (χ4n) is 8.89. The fraction of sp³-hybridized carbons (Fsp3) is 0.690. The van der Waals surface area contributed by atoms with Gasteiger partial charge in [0.25, 0.3) is 0 Å². The lowest BCUT2D eigenvalue weighted by Gasteiger charge is -2.47. The third-order valence-electron chi connectivity index (χ3n) is 11.9. The summed E-state index contributed by atoms with van der Waals surface area (Å²) < 4.78 is 32.7. The van der Waals surface area contributed by atoms with E-state index in [1.54, 1.807) is 20.8 Å². The number of nitrogens with zero attached hydrogens (tertiary/aromatic N) is 3. The van der Waals surface area contributed by atoms with Crippen molar-refractivity contribution in [2.24, 2.45) is 28.7 Å². The van der Waals surface area contributed by atoms with Crippen molar-refractivity contribution in [1.29, 1.82) is 0 Å². The Morgan fingerprint density at radius 2 is 1.80 bits per heavy atom. The lowest BCUT2D eigenvalue weighted by Crippen LogP contribution is -2.60. The molecule has 14 heteroatoms. The Labute approximate surface area is 330 Å². The number of H-pyrrole nitrogens is 1. The lowest BCUT2D eigenvalue weighted by molar-refractivity contribution is -0.296. The van der Waals surface area contributed by atoms with Crippen LogP contribution in [0.3, 0.4) is 0 Å². The molecular weight excluding hydrogens is 720 g/mol. The summed E-state index contributed by atoms with van der Waals surface area (Å²) >= 11 is 0. The zero-order chi connectivity index (χ0) is 41.3. The van der Waals surface area contributed by atoms with E-state index in [4.69, 9.17) is 28.7 Å². The van der Waals surface area contributed by atoms with E-state index < -0.39 is 83.2 Å². The number of esters is 1. The van der Waals surface area contributed by atoms with E-state index in [1.807, 2.05) is 77.0 Å². The molecule has 3 aliphatic rings. The number of aromatic nitrogens is 2. The number of aromatic amines is 1. The van der Waals surface area contributed by atoms with Crippen molar-refractivity contribution in [2.75, 3.05) is 27.3 Å². The van der Waals surface area contributed by atoms with Crippen LogP contribution in [0.1, 0.15) is 87.4 Å². The summed E-state index contributed by atoms with van der Waals surface area (Å²) in [4.78, 5) is 55.7. The van der Waals surface area contributed by atoms with E-state index in [9.17, 15) is 24.6 Å². The number of fused-ring (bicyclic) bond motifs is 6. The Morgan fingerprint density at radius 1 is 1.11 bits per heavy atom. The van der Waals surface area contributed by atoms with Gasteiger partial charge in [-0.05, 0) is 90.8 Å². The maximum absolute atomic E-state index is 14.5. The van der Waals surface area contributed by atoms with Gasteiger partial charge in [0.05, 0.1) is 48.2 Å². The van der Waals surface area contributed by atoms with Gasteiger partial charge in [0.2, 0.25) is 5.91 Å². The number of benzene rings is 1. The standard InChI is InChI=1S/C42H62N4O10/c1-12-32-42(9,51)38-24(4)34(43-27(7)47)22(2)19-41(8,53-21-28(20-52-38)18-33-44-29-15-13-14-16-30(29)45-33)37(25(5)35(48)26(6)39(50)55-32)56-40-36(49)31(46(10)11)17-23(3)54-40/h13-16,18,22-26,31-32,36-38,40,49,51H,12,17,19-21H2,1-11H3,(H,44,45)/b28-18-,43-34?/t22?,23-,24?,25+,26-,31+,32+,36?,37?,38?,40+,41-,42-/m1/s1. The first-order valence-electron chi connectivity index (χ1n) is 19.9. The molecule has 13 atom stereocenters. The summed E-state index contributed by atoms with van der Waals surface area (Å²) in [6.45, 7) is 15.3. The van der Waals surface area contributed by atoms with Crippen molar-refractivity contribution in [3.63, 3.8) is 0 Å². The molecule has 1 amide bonds. The van der Waals surface area contributed by atoms with E-state index in [0.717, 1.165) is 11.0 Å². The van der Waals surface area contributed by atoms with Gasteiger partial charge >= 0.3 is 5.97 Å². The van der Waals surface area contributed by atoms with E-state index in [0.29, 0.717) is 23.5 Å². The number of likely N-dealkylation sites (N-methyl/N-ethyl adjacent to an activating group) is 1. The molecule has 310 valence electrons. The highest BCUT2D eigenvalue weighted by molar-refractivity contribution is 6.00. The summed E-state index contributed by atoms with van der Waals surface area (Å²) in [6.07, 6.45) is -2.96. The van der Waals surface area contributed by atoms with E-state index in [1.165, 1.54) is 13.8 Å². The van der Waals surface area contributed by atoms with Crippen LogP contribution in [0, 0.1) is 23.7 Å². The first-order valence-corrected chi connectivity index (χ1v) is 19.9. The average molecular weight is 783 g/mol. The van der Waals surface area contributed by atoms with Crippen molar-refractivity contribution in [3.8, 4) is 0 Å². The van der Waals surface area contributed by atoms with Crippen molar-refractivity contribution >= 4 is 40.5 Å². The molecule has 3 fully saturated rings. The number of amides is 1. The minimum Gasteiger partial charge on any atom is -0.459 e. The van der Waals surface area contributed by atoms with Crippen LogP contribution in [0.15, 0.2) is 34.8 Å². The molecule has 3 saturated heterocycles. The van der Waals surface area contributed by atoms with Gasteiger partial charge in [0.1, 0.15) is 29.6 Å². The van der Waals surface area contributed by atoms with Gasteiger partial charge < -0.3 is 43.8 Å². The Morgan fingerprint density at radius 3 is 2.45 bits per heavy atom. The third kappa shape index (κ3) is 9.33. The molecule has 0 saturated carbocycles. The van der Waals surface area contributed by atoms with E-state index in [2.05, 4.69) is 9.98 Å². The fourth-order valence-corrected chi connectivity index (χ4v) is 8.89. The van der Waals surface area contributed by atoms with Gasteiger partial charge in [-0.3, -0.25) is 14.4 Å². The lowest BCUT2D eigenvalue weighted by atomic mass is 9.73. The van der Waals surface area contributed by atoms with Crippen LogP contribution in [0.25, 0.3) is 17.1 Å². The Bertz CT molecular complexity index is 1760. The summed E-state index contributed by atoms with van der Waals surface area (Å²) in [5.74, 6) is -4.54.